The largest absolute Gasteiger partial charge is 0.481 e. The van der Waals surface area contributed by atoms with Crippen LogP contribution in [0.25, 0.3) is 0 Å². The van der Waals surface area contributed by atoms with E-state index >= 15 is 0 Å². The molecule has 4 heteroatoms. The topological polar surface area (TPSA) is 63.3 Å². The maximum atomic E-state index is 10.5. The van der Waals surface area contributed by atoms with Gasteiger partial charge >= 0.3 is 5.97 Å². The van der Waals surface area contributed by atoms with Crippen molar-refractivity contribution >= 4 is 18.4 Å². The minimum absolute atomic E-state index is 0. The number of halogens is 1. The van der Waals surface area contributed by atoms with Crippen molar-refractivity contribution in [3.63, 3.8) is 0 Å². The first-order chi connectivity index (χ1) is 4.54. The maximum Gasteiger partial charge on any atom is 0.308 e. The van der Waals surface area contributed by atoms with Gasteiger partial charge in [-0.2, -0.15) is 0 Å². The van der Waals surface area contributed by atoms with Crippen LogP contribution in [0, 0.1) is 5.92 Å². The predicted octanol–water partition coefficient (Wildman–Crippen LogP) is 1.01. The van der Waals surface area contributed by atoms with Crippen molar-refractivity contribution < 1.29 is 9.90 Å². The van der Waals surface area contributed by atoms with Gasteiger partial charge in [0.2, 0.25) is 0 Å². The summed E-state index contributed by atoms with van der Waals surface area (Å²) in [5, 5.41) is 8.67. The molecule has 0 heterocycles. The van der Waals surface area contributed by atoms with Gasteiger partial charge in [0.25, 0.3) is 0 Å². The summed E-state index contributed by atoms with van der Waals surface area (Å²) in [4.78, 5) is 10.5. The van der Waals surface area contributed by atoms with Crippen LogP contribution in [0.2, 0.25) is 0 Å². The van der Waals surface area contributed by atoms with Gasteiger partial charge in [-0.3, -0.25) is 4.79 Å². The smallest absolute Gasteiger partial charge is 0.308 e. The van der Waals surface area contributed by atoms with E-state index in [2.05, 4.69) is 0 Å². The molecule has 0 aromatic heterocycles. The normalized spacial score (nSPS) is 36.4. The second-order valence-corrected chi connectivity index (χ2v) is 3.29. The summed E-state index contributed by atoms with van der Waals surface area (Å²) in [7, 11) is 0. The van der Waals surface area contributed by atoms with Gasteiger partial charge in [0.1, 0.15) is 0 Å². The van der Waals surface area contributed by atoms with E-state index in [0.717, 1.165) is 19.3 Å². The molecular formula is C7H14ClNO2. The molecule has 1 aliphatic rings. The van der Waals surface area contributed by atoms with Gasteiger partial charge in [-0.1, -0.05) is 6.42 Å². The summed E-state index contributed by atoms with van der Waals surface area (Å²) >= 11 is 0. The molecule has 2 unspecified atom stereocenters. The highest BCUT2D eigenvalue weighted by atomic mass is 35.5. The fraction of sp³-hybridized carbons (Fsp3) is 0.857. The zero-order valence-electron chi connectivity index (χ0n) is 6.54. The van der Waals surface area contributed by atoms with E-state index < -0.39 is 11.5 Å². The molecule has 2 atom stereocenters. The van der Waals surface area contributed by atoms with Crippen LogP contribution in [-0.4, -0.2) is 16.6 Å². The molecule has 3 nitrogen and oxygen atoms in total. The summed E-state index contributed by atoms with van der Waals surface area (Å²) in [6.07, 6.45) is 2.52. The van der Waals surface area contributed by atoms with Crippen LogP contribution in [-0.2, 0) is 4.79 Å². The first-order valence-electron chi connectivity index (χ1n) is 3.56. The van der Waals surface area contributed by atoms with E-state index in [1.165, 1.54) is 0 Å². The lowest BCUT2D eigenvalue weighted by Crippen LogP contribution is -2.43. The van der Waals surface area contributed by atoms with E-state index in [1.807, 2.05) is 6.92 Å². The number of aliphatic carboxylic acids is 1. The van der Waals surface area contributed by atoms with E-state index in [9.17, 15) is 4.79 Å². The molecule has 0 aliphatic heterocycles. The molecule has 1 saturated carbocycles. The van der Waals surface area contributed by atoms with Crippen LogP contribution in [0.4, 0.5) is 0 Å². The van der Waals surface area contributed by atoms with Gasteiger partial charge in [0.05, 0.1) is 5.92 Å². The molecule has 0 bridgehead atoms. The van der Waals surface area contributed by atoms with Crippen LogP contribution in [0.1, 0.15) is 26.2 Å². The van der Waals surface area contributed by atoms with Gasteiger partial charge in [0.15, 0.2) is 0 Å². The van der Waals surface area contributed by atoms with Crippen molar-refractivity contribution in [3.05, 3.63) is 0 Å². The monoisotopic (exact) mass is 179 g/mol. The number of carbonyl (C=O) groups is 1. The van der Waals surface area contributed by atoms with Crippen molar-refractivity contribution in [3.8, 4) is 0 Å². The third kappa shape index (κ3) is 2.07. The third-order valence-electron chi connectivity index (χ3n) is 2.30. The van der Waals surface area contributed by atoms with Crippen molar-refractivity contribution in [2.45, 2.75) is 31.7 Å². The van der Waals surface area contributed by atoms with Crippen LogP contribution in [0.15, 0.2) is 0 Å². The van der Waals surface area contributed by atoms with Crippen molar-refractivity contribution in [2.75, 3.05) is 0 Å². The first-order valence-corrected chi connectivity index (χ1v) is 3.56. The summed E-state index contributed by atoms with van der Waals surface area (Å²) in [6, 6.07) is 0. The Morgan fingerprint density at radius 2 is 2.27 bits per heavy atom. The Morgan fingerprint density at radius 1 is 1.73 bits per heavy atom. The number of nitrogens with two attached hydrogens (primary N) is 1. The SMILES string of the molecule is CC1(N)CCCC1C(=O)O.Cl. The summed E-state index contributed by atoms with van der Waals surface area (Å²) in [6.45, 7) is 1.82. The molecule has 0 amide bonds. The lowest BCUT2D eigenvalue weighted by atomic mass is 9.90. The van der Waals surface area contributed by atoms with Gasteiger partial charge in [-0.15, -0.1) is 12.4 Å². The lowest BCUT2D eigenvalue weighted by molar-refractivity contribution is -0.143. The zero-order chi connectivity index (χ0) is 7.78. The van der Waals surface area contributed by atoms with Crippen molar-refractivity contribution in [1.82, 2.24) is 0 Å². The van der Waals surface area contributed by atoms with Gasteiger partial charge in [0, 0.05) is 5.54 Å². The Kier molecular flexibility index (Phi) is 3.32. The fourth-order valence-corrected chi connectivity index (χ4v) is 1.60. The number of hydrogen-bond donors (Lipinski definition) is 2. The van der Waals surface area contributed by atoms with E-state index in [4.69, 9.17) is 10.8 Å². The predicted molar refractivity (Wildman–Crippen MR) is 44.8 cm³/mol. The van der Waals surface area contributed by atoms with E-state index in [0.29, 0.717) is 0 Å². The quantitative estimate of drug-likeness (QED) is 0.632. The number of rotatable bonds is 1. The zero-order valence-corrected chi connectivity index (χ0v) is 7.36. The molecule has 3 N–H and O–H groups in total. The minimum atomic E-state index is -0.748. The molecule has 0 spiro atoms. The van der Waals surface area contributed by atoms with Gasteiger partial charge in [-0.05, 0) is 19.8 Å². The van der Waals surface area contributed by atoms with Gasteiger partial charge < -0.3 is 10.8 Å². The third-order valence-corrected chi connectivity index (χ3v) is 2.30. The Bertz CT molecular complexity index is 159. The highest BCUT2D eigenvalue weighted by molar-refractivity contribution is 5.85. The highest BCUT2D eigenvalue weighted by Gasteiger charge is 2.39. The fourth-order valence-electron chi connectivity index (χ4n) is 1.60. The number of carboxylic acids is 1. The van der Waals surface area contributed by atoms with Crippen molar-refractivity contribution in [2.24, 2.45) is 11.7 Å². The number of hydrogen-bond acceptors (Lipinski definition) is 2. The summed E-state index contributed by atoms with van der Waals surface area (Å²) in [5.74, 6) is -1.07. The number of carboxylic acid groups (broad SMARTS) is 1. The van der Waals surface area contributed by atoms with E-state index in [1.54, 1.807) is 0 Å². The average molecular weight is 180 g/mol. The summed E-state index contributed by atoms with van der Waals surface area (Å²) < 4.78 is 0. The molecular weight excluding hydrogens is 166 g/mol. The minimum Gasteiger partial charge on any atom is -0.481 e. The Morgan fingerprint density at radius 3 is 2.45 bits per heavy atom. The van der Waals surface area contributed by atoms with Gasteiger partial charge in [-0.25, -0.2) is 0 Å². The lowest BCUT2D eigenvalue weighted by Gasteiger charge is -2.22. The second-order valence-electron chi connectivity index (χ2n) is 3.29. The van der Waals surface area contributed by atoms with Crippen LogP contribution >= 0.6 is 12.4 Å². The summed E-state index contributed by atoms with van der Waals surface area (Å²) in [5.41, 5.74) is 5.28. The molecule has 1 rings (SSSR count). The van der Waals surface area contributed by atoms with Crippen LogP contribution in [0.3, 0.4) is 0 Å². The average Bonchev–Trinajstić information content (AvgIpc) is 2.08. The molecule has 0 saturated heterocycles. The molecule has 1 fully saturated rings. The molecule has 0 radical (unpaired) electrons. The molecule has 0 aromatic carbocycles. The molecule has 66 valence electrons. The Hall–Kier alpha value is -0.280. The van der Waals surface area contributed by atoms with Crippen LogP contribution in [0.5, 0.6) is 0 Å². The first kappa shape index (κ1) is 10.7. The molecule has 1 aliphatic carbocycles. The molecule has 11 heavy (non-hydrogen) atoms. The maximum absolute atomic E-state index is 10.5. The Labute approximate surface area is 72.4 Å². The standard InChI is InChI=1S/C7H13NO2.ClH/c1-7(8)4-2-3-5(7)6(9)10;/h5H,2-4,8H2,1H3,(H,9,10);1H. The van der Waals surface area contributed by atoms with Crippen molar-refractivity contribution in [1.29, 1.82) is 0 Å². The van der Waals surface area contributed by atoms with E-state index in [-0.39, 0.29) is 18.3 Å². The second kappa shape index (κ2) is 3.41. The molecule has 0 aromatic rings. The highest BCUT2D eigenvalue weighted by Crippen LogP contribution is 2.33. The Balaban J connectivity index is 0.000001000. The van der Waals surface area contributed by atoms with Crippen LogP contribution < -0.4 is 5.73 Å².